The van der Waals surface area contributed by atoms with Crippen molar-refractivity contribution in [3.63, 3.8) is 0 Å². The van der Waals surface area contributed by atoms with Gasteiger partial charge >= 0.3 is 0 Å². The third kappa shape index (κ3) is 1.83. The van der Waals surface area contributed by atoms with Gasteiger partial charge in [0.2, 0.25) is 0 Å². The molecule has 68 valence electrons. The molecule has 1 aromatic rings. The lowest BCUT2D eigenvalue weighted by Crippen LogP contribution is -2.10. The first-order chi connectivity index (χ1) is 5.69. The molecule has 0 aliphatic carbocycles. The number of aliphatic hydroxyl groups excluding tert-OH is 1. The zero-order chi connectivity index (χ0) is 9.14. The van der Waals surface area contributed by atoms with Gasteiger partial charge in [-0.05, 0) is 13.3 Å². The van der Waals surface area contributed by atoms with E-state index in [1.54, 1.807) is 11.3 Å². The van der Waals surface area contributed by atoms with Crippen LogP contribution in [0.4, 0.5) is 0 Å². The zero-order valence-corrected chi connectivity index (χ0v) is 8.19. The fourth-order valence-corrected chi connectivity index (χ4v) is 2.03. The Bertz CT molecular complexity index is 260. The Morgan fingerprint density at radius 1 is 1.67 bits per heavy atom. The van der Waals surface area contributed by atoms with Crippen LogP contribution in [0.15, 0.2) is 0 Å². The van der Waals surface area contributed by atoms with Gasteiger partial charge in [0.05, 0.1) is 5.69 Å². The van der Waals surface area contributed by atoms with Crippen molar-refractivity contribution in [1.29, 1.82) is 0 Å². The van der Waals surface area contributed by atoms with E-state index >= 15 is 0 Å². The maximum atomic E-state index is 9.39. The molecule has 0 aromatic carbocycles. The monoisotopic (exact) mass is 186 g/mol. The van der Waals surface area contributed by atoms with Crippen molar-refractivity contribution in [3.05, 3.63) is 15.6 Å². The summed E-state index contributed by atoms with van der Waals surface area (Å²) in [6.07, 6.45) is 0.384. The predicted octanol–water partition coefficient (Wildman–Crippen LogP) is 1.01. The summed E-state index contributed by atoms with van der Waals surface area (Å²) < 4.78 is 0. The van der Waals surface area contributed by atoms with Gasteiger partial charge < -0.3 is 10.8 Å². The van der Waals surface area contributed by atoms with Crippen LogP contribution in [0, 0.1) is 6.92 Å². The van der Waals surface area contributed by atoms with Crippen LogP contribution in [0.25, 0.3) is 0 Å². The number of hydrogen-bond acceptors (Lipinski definition) is 4. The van der Waals surface area contributed by atoms with E-state index in [9.17, 15) is 5.11 Å². The van der Waals surface area contributed by atoms with E-state index in [0.29, 0.717) is 0 Å². The second-order valence-electron chi connectivity index (χ2n) is 2.67. The van der Waals surface area contributed by atoms with Crippen LogP contribution in [0.5, 0.6) is 0 Å². The molecule has 0 aliphatic heterocycles. The molecule has 1 aromatic heterocycles. The topological polar surface area (TPSA) is 59.1 Å². The maximum Gasteiger partial charge on any atom is 0.123 e. The van der Waals surface area contributed by atoms with E-state index in [-0.39, 0.29) is 6.54 Å². The summed E-state index contributed by atoms with van der Waals surface area (Å²) in [5.41, 5.74) is 6.34. The number of aryl methyl sites for hydroxylation is 2. The Kier molecular flexibility index (Phi) is 3.20. The first-order valence-electron chi connectivity index (χ1n) is 4.03. The number of aliphatic hydroxyl groups is 1. The first-order valence-corrected chi connectivity index (χ1v) is 4.85. The van der Waals surface area contributed by atoms with Gasteiger partial charge in [-0.1, -0.05) is 6.92 Å². The molecule has 0 aliphatic rings. The maximum absolute atomic E-state index is 9.39. The number of thiazole rings is 1. The van der Waals surface area contributed by atoms with E-state index in [4.69, 9.17) is 5.73 Å². The van der Waals surface area contributed by atoms with Gasteiger partial charge in [-0.2, -0.15) is 0 Å². The molecule has 1 rings (SSSR count). The molecule has 0 saturated carbocycles. The van der Waals surface area contributed by atoms with Crippen molar-refractivity contribution in [3.8, 4) is 0 Å². The fourth-order valence-electron chi connectivity index (χ4n) is 1.02. The Morgan fingerprint density at radius 3 is 2.75 bits per heavy atom. The molecule has 0 fully saturated rings. The van der Waals surface area contributed by atoms with Crippen molar-refractivity contribution in [2.24, 2.45) is 5.73 Å². The summed E-state index contributed by atoms with van der Waals surface area (Å²) in [4.78, 5) is 5.47. The lowest BCUT2D eigenvalue weighted by atomic mass is 10.3. The van der Waals surface area contributed by atoms with Crippen LogP contribution in [0.1, 0.15) is 28.6 Å². The Hall–Kier alpha value is -0.450. The Balaban J connectivity index is 2.88. The summed E-state index contributed by atoms with van der Waals surface area (Å²) in [7, 11) is 0. The molecular formula is C8H14N2OS. The normalized spacial score (nSPS) is 13.3. The smallest absolute Gasteiger partial charge is 0.123 e. The van der Waals surface area contributed by atoms with Gasteiger partial charge in [0, 0.05) is 11.4 Å². The van der Waals surface area contributed by atoms with Crippen molar-refractivity contribution >= 4 is 11.3 Å². The third-order valence-corrected chi connectivity index (χ3v) is 3.14. The van der Waals surface area contributed by atoms with Crippen LogP contribution in [0.2, 0.25) is 0 Å². The largest absolute Gasteiger partial charge is 0.385 e. The summed E-state index contributed by atoms with van der Waals surface area (Å²) in [5.74, 6) is 0. The average Bonchev–Trinajstić information content (AvgIpc) is 2.45. The van der Waals surface area contributed by atoms with Gasteiger partial charge in [-0.3, -0.25) is 0 Å². The van der Waals surface area contributed by atoms with E-state index in [0.717, 1.165) is 17.1 Å². The van der Waals surface area contributed by atoms with Gasteiger partial charge in [-0.25, -0.2) is 4.98 Å². The van der Waals surface area contributed by atoms with Crippen molar-refractivity contribution in [1.82, 2.24) is 4.98 Å². The van der Waals surface area contributed by atoms with Crippen LogP contribution in [0.3, 0.4) is 0 Å². The van der Waals surface area contributed by atoms with E-state index in [1.165, 1.54) is 4.88 Å². The molecule has 0 unspecified atom stereocenters. The molecule has 3 N–H and O–H groups in total. The van der Waals surface area contributed by atoms with Crippen LogP contribution in [-0.4, -0.2) is 16.6 Å². The SMILES string of the molecule is CCc1sc([C@@H](O)CN)nc1C. The number of rotatable bonds is 3. The lowest BCUT2D eigenvalue weighted by molar-refractivity contribution is 0.186. The molecule has 4 heteroatoms. The molecular weight excluding hydrogens is 172 g/mol. The van der Waals surface area contributed by atoms with Crippen molar-refractivity contribution in [2.45, 2.75) is 26.4 Å². The highest BCUT2D eigenvalue weighted by molar-refractivity contribution is 7.11. The van der Waals surface area contributed by atoms with Gasteiger partial charge in [-0.15, -0.1) is 11.3 Å². The highest BCUT2D eigenvalue weighted by Gasteiger charge is 2.12. The quantitative estimate of drug-likeness (QED) is 0.740. The minimum Gasteiger partial charge on any atom is -0.385 e. The molecule has 12 heavy (non-hydrogen) atoms. The predicted molar refractivity (Wildman–Crippen MR) is 50.2 cm³/mol. The molecule has 0 spiro atoms. The summed E-state index contributed by atoms with van der Waals surface area (Å²) in [6, 6.07) is 0. The highest BCUT2D eigenvalue weighted by atomic mass is 32.1. The summed E-state index contributed by atoms with van der Waals surface area (Å²) in [5, 5.41) is 10.1. The molecule has 3 nitrogen and oxygen atoms in total. The zero-order valence-electron chi connectivity index (χ0n) is 7.37. The van der Waals surface area contributed by atoms with Gasteiger partial charge in [0.15, 0.2) is 0 Å². The number of hydrogen-bond donors (Lipinski definition) is 2. The van der Waals surface area contributed by atoms with E-state index in [1.807, 2.05) is 6.92 Å². The summed E-state index contributed by atoms with van der Waals surface area (Å²) >= 11 is 1.55. The number of nitrogens with two attached hydrogens (primary N) is 1. The molecule has 1 heterocycles. The van der Waals surface area contributed by atoms with Crippen LogP contribution < -0.4 is 5.73 Å². The lowest BCUT2D eigenvalue weighted by Gasteiger charge is -2.00. The third-order valence-electron chi connectivity index (χ3n) is 1.74. The number of nitrogens with zero attached hydrogens (tertiary/aromatic N) is 1. The minimum atomic E-state index is -0.589. The summed E-state index contributed by atoms with van der Waals surface area (Å²) in [6.45, 7) is 4.29. The van der Waals surface area contributed by atoms with E-state index in [2.05, 4.69) is 11.9 Å². The second kappa shape index (κ2) is 3.98. The Morgan fingerprint density at radius 2 is 2.33 bits per heavy atom. The average molecular weight is 186 g/mol. The van der Waals surface area contributed by atoms with Gasteiger partial charge in [0.1, 0.15) is 11.1 Å². The van der Waals surface area contributed by atoms with Gasteiger partial charge in [0.25, 0.3) is 0 Å². The second-order valence-corrected chi connectivity index (χ2v) is 3.78. The van der Waals surface area contributed by atoms with Crippen molar-refractivity contribution < 1.29 is 5.11 Å². The first kappa shape index (κ1) is 9.64. The molecule has 0 radical (unpaired) electrons. The fraction of sp³-hybridized carbons (Fsp3) is 0.625. The molecule has 0 amide bonds. The minimum absolute atomic E-state index is 0.246. The molecule has 0 saturated heterocycles. The number of aromatic nitrogens is 1. The van der Waals surface area contributed by atoms with Crippen molar-refractivity contribution in [2.75, 3.05) is 6.54 Å². The highest BCUT2D eigenvalue weighted by Crippen LogP contribution is 2.23. The Labute approximate surface area is 76.3 Å². The van der Waals surface area contributed by atoms with E-state index < -0.39 is 6.10 Å². The standard InChI is InChI=1S/C8H14N2OS/c1-3-7-5(2)10-8(12-7)6(11)4-9/h6,11H,3-4,9H2,1-2H3/t6-/m0/s1. The molecule has 0 bridgehead atoms. The molecule has 1 atom stereocenters. The van der Waals surface area contributed by atoms with Crippen LogP contribution in [-0.2, 0) is 6.42 Å². The van der Waals surface area contributed by atoms with Crippen LogP contribution >= 0.6 is 11.3 Å².